The molecule has 1 heterocycles. The van der Waals surface area contributed by atoms with Gasteiger partial charge in [0.2, 0.25) is 27.2 Å². The Labute approximate surface area is 111 Å². The first-order chi connectivity index (χ1) is 8.46. The maximum Gasteiger partial charge on any atom is 0.228 e. The molecule has 102 valence electrons. The fraction of sp³-hybridized carbons (Fsp3) is 0.625. The Morgan fingerprint density at radius 3 is 2.33 bits per heavy atom. The van der Waals surface area contributed by atoms with Crippen LogP contribution in [0.4, 0.5) is 11.9 Å². The first-order valence-corrected chi connectivity index (χ1v) is 7.30. The molecule has 0 saturated heterocycles. The van der Waals surface area contributed by atoms with Crippen molar-refractivity contribution in [3.05, 3.63) is 5.28 Å². The first-order valence-electron chi connectivity index (χ1n) is 5.27. The molecule has 1 rings (SSSR count). The standard InChI is InChI=1S/C8H15ClN6O2S/c1-3-11-7-13-6(9)14-8(15-7)12-4-5-18(16,17)10-2/h10H,3-5H2,1-2H3,(H2,11,12,13,14,15). The van der Waals surface area contributed by atoms with E-state index in [2.05, 4.69) is 30.3 Å². The second-order valence-corrected chi connectivity index (χ2v) is 5.62. The topological polar surface area (TPSA) is 109 Å². The summed E-state index contributed by atoms with van der Waals surface area (Å²) in [4.78, 5) is 11.7. The van der Waals surface area contributed by atoms with Crippen molar-refractivity contribution in [2.75, 3.05) is 36.5 Å². The van der Waals surface area contributed by atoms with Gasteiger partial charge in [0.25, 0.3) is 0 Å². The van der Waals surface area contributed by atoms with E-state index < -0.39 is 10.0 Å². The average Bonchev–Trinajstić information content (AvgIpc) is 2.28. The molecule has 0 atom stereocenters. The molecule has 0 saturated carbocycles. The van der Waals surface area contributed by atoms with Crippen molar-refractivity contribution in [2.45, 2.75) is 6.92 Å². The Morgan fingerprint density at radius 2 is 1.78 bits per heavy atom. The summed E-state index contributed by atoms with van der Waals surface area (Å²) >= 11 is 5.71. The Bertz CT molecular complexity index is 494. The van der Waals surface area contributed by atoms with Gasteiger partial charge >= 0.3 is 0 Å². The van der Waals surface area contributed by atoms with Crippen molar-refractivity contribution in [1.82, 2.24) is 19.7 Å². The van der Waals surface area contributed by atoms with Crippen molar-refractivity contribution in [3.8, 4) is 0 Å². The summed E-state index contributed by atoms with van der Waals surface area (Å²) in [6.07, 6.45) is 0. The van der Waals surface area contributed by atoms with Crippen LogP contribution in [0.15, 0.2) is 0 Å². The Morgan fingerprint density at radius 1 is 1.17 bits per heavy atom. The van der Waals surface area contributed by atoms with Gasteiger partial charge in [0.1, 0.15) is 0 Å². The van der Waals surface area contributed by atoms with Crippen LogP contribution in [0.1, 0.15) is 6.92 Å². The molecule has 18 heavy (non-hydrogen) atoms. The van der Waals surface area contributed by atoms with Gasteiger partial charge in [-0.25, -0.2) is 13.1 Å². The van der Waals surface area contributed by atoms with Gasteiger partial charge in [-0.15, -0.1) is 0 Å². The molecule has 0 radical (unpaired) electrons. The molecule has 8 nitrogen and oxygen atoms in total. The van der Waals surface area contributed by atoms with E-state index in [1.165, 1.54) is 7.05 Å². The monoisotopic (exact) mass is 294 g/mol. The summed E-state index contributed by atoms with van der Waals surface area (Å²) < 4.78 is 24.6. The number of sulfonamides is 1. The number of hydrogen-bond acceptors (Lipinski definition) is 7. The maximum atomic E-state index is 11.2. The summed E-state index contributed by atoms with van der Waals surface area (Å²) in [5, 5.41) is 5.70. The first kappa shape index (κ1) is 14.9. The van der Waals surface area contributed by atoms with Crippen LogP contribution in [0, 0.1) is 0 Å². The largest absolute Gasteiger partial charge is 0.354 e. The third kappa shape index (κ3) is 4.98. The van der Waals surface area contributed by atoms with E-state index >= 15 is 0 Å². The van der Waals surface area contributed by atoms with E-state index in [1.54, 1.807) is 0 Å². The minimum absolute atomic E-state index is 0.0416. The van der Waals surface area contributed by atoms with Gasteiger partial charge in [-0.1, -0.05) is 0 Å². The van der Waals surface area contributed by atoms with Crippen molar-refractivity contribution in [3.63, 3.8) is 0 Å². The zero-order valence-electron chi connectivity index (χ0n) is 10.1. The van der Waals surface area contributed by atoms with Gasteiger partial charge < -0.3 is 10.6 Å². The molecule has 0 amide bonds. The normalized spacial score (nSPS) is 11.3. The summed E-state index contributed by atoms with van der Waals surface area (Å²) in [7, 11) is -1.89. The molecular weight excluding hydrogens is 280 g/mol. The Hall–Kier alpha value is -1.19. The highest BCUT2D eigenvalue weighted by molar-refractivity contribution is 7.89. The molecule has 0 aliphatic carbocycles. The molecular formula is C8H15ClN6O2S. The highest BCUT2D eigenvalue weighted by Crippen LogP contribution is 2.08. The van der Waals surface area contributed by atoms with Gasteiger partial charge in [-0.05, 0) is 25.6 Å². The van der Waals surface area contributed by atoms with Crippen LogP contribution in [0.25, 0.3) is 0 Å². The molecule has 1 aromatic rings. The quantitative estimate of drug-likeness (QED) is 0.645. The van der Waals surface area contributed by atoms with Crippen molar-refractivity contribution >= 4 is 33.5 Å². The number of hydrogen-bond donors (Lipinski definition) is 3. The molecule has 0 aliphatic heterocycles. The molecule has 0 aromatic carbocycles. The molecule has 0 fully saturated rings. The fourth-order valence-corrected chi connectivity index (χ4v) is 1.80. The Kier molecular flexibility index (Phi) is 5.51. The third-order valence-electron chi connectivity index (χ3n) is 1.91. The van der Waals surface area contributed by atoms with Gasteiger partial charge in [0.15, 0.2) is 0 Å². The average molecular weight is 295 g/mol. The van der Waals surface area contributed by atoms with Crippen LogP contribution in [-0.2, 0) is 10.0 Å². The number of rotatable bonds is 7. The highest BCUT2D eigenvalue weighted by Gasteiger charge is 2.08. The smallest absolute Gasteiger partial charge is 0.228 e. The third-order valence-corrected chi connectivity index (χ3v) is 3.44. The molecule has 0 spiro atoms. The van der Waals surface area contributed by atoms with Crippen LogP contribution in [0.3, 0.4) is 0 Å². The molecule has 0 aliphatic rings. The van der Waals surface area contributed by atoms with E-state index in [1.807, 2.05) is 6.92 Å². The minimum atomic E-state index is -3.25. The predicted molar refractivity (Wildman–Crippen MR) is 70.3 cm³/mol. The summed E-state index contributed by atoms with van der Waals surface area (Å²) in [6.45, 7) is 2.72. The minimum Gasteiger partial charge on any atom is -0.354 e. The number of halogens is 1. The van der Waals surface area contributed by atoms with E-state index in [-0.39, 0.29) is 23.5 Å². The number of aromatic nitrogens is 3. The van der Waals surface area contributed by atoms with Crippen molar-refractivity contribution in [1.29, 1.82) is 0 Å². The van der Waals surface area contributed by atoms with E-state index in [9.17, 15) is 8.42 Å². The molecule has 0 bridgehead atoms. The van der Waals surface area contributed by atoms with Gasteiger partial charge in [0, 0.05) is 13.1 Å². The molecule has 1 aromatic heterocycles. The zero-order valence-corrected chi connectivity index (χ0v) is 11.6. The lowest BCUT2D eigenvalue weighted by Gasteiger charge is -2.07. The maximum absolute atomic E-state index is 11.2. The van der Waals surface area contributed by atoms with Crippen molar-refractivity contribution < 1.29 is 8.42 Å². The van der Waals surface area contributed by atoms with Gasteiger partial charge in [-0.2, -0.15) is 15.0 Å². The SMILES string of the molecule is CCNc1nc(Cl)nc(NCCS(=O)(=O)NC)n1. The van der Waals surface area contributed by atoms with Crippen LogP contribution >= 0.6 is 11.6 Å². The lowest BCUT2D eigenvalue weighted by molar-refractivity contribution is 0.588. The predicted octanol–water partition coefficient (Wildman–Crippen LogP) is -0.0821. The van der Waals surface area contributed by atoms with E-state index in [0.717, 1.165) is 0 Å². The van der Waals surface area contributed by atoms with Crippen LogP contribution < -0.4 is 15.4 Å². The second-order valence-electron chi connectivity index (χ2n) is 3.23. The highest BCUT2D eigenvalue weighted by atomic mass is 35.5. The summed E-state index contributed by atoms with van der Waals surface area (Å²) in [5.74, 6) is 0.498. The number of nitrogens with one attached hydrogen (secondary N) is 3. The van der Waals surface area contributed by atoms with E-state index in [4.69, 9.17) is 11.6 Å². The Balaban J connectivity index is 2.62. The van der Waals surface area contributed by atoms with Crippen LogP contribution in [-0.4, -0.2) is 49.3 Å². The molecule has 10 heteroatoms. The second kappa shape index (κ2) is 6.66. The summed E-state index contributed by atoms with van der Waals surface area (Å²) in [6, 6.07) is 0. The summed E-state index contributed by atoms with van der Waals surface area (Å²) in [5.41, 5.74) is 0. The van der Waals surface area contributed by atoms with E-state index in [0.29, 0.717) is 12.5 Å². The van der Waals surface area contributed by atoms with Crippen LogP contribution in [0.2, 0.25) is 5.28 Å². The molecule has 0 unspecified atom stereocenters. The number of anilines is 2. The van der Waals surface area contributed by atoms with Crippen molar-refractivity contribution in [2.24, 2.45) is 0 Å². The zero-order chi connectivity index (χ0) is 13.6. The lowest BCUT2D eigenvalue weighted by atomic mass is 10.7. The lowest BCUT2D eigenvalue weighted by Crippen LogP contribution is -2.26. The fourth-order valence-electron chi connectivity index (χ4n) is 1.07. The molecule has 3 N–H and O–H groups in total. The van der Waals surface area contributed by atoms with Crippen LogP contribution in [0.5, 0.6) is 0 Å². The number of nitrogens with zero attached hydrogens (tertiary/aromatic N) is 3. The van der Waals surface area contributed by atoms with Gasteiger partial charge in [-0.3, -0.25) is 0 Å². The van der Waals surface area contributed by atoms with Gasteiger partial charge in [0.05, 0.1) is 5.75 Å².